The van der Waals surface area contributed by atoms with Crippen LogP contribution in [0.1, 0.15) is 61.8 Å². The van der Waals surface area contributed by atoms with E-state index in [0.717, 1.165) is 25.7 Å². The van der Waals surface area contributed by atoms with E-state index < -0.39 is 4.92 Å². The Morgan fingerprint density at radius 3 is 2.14 bits per heavy atom. The lowest BCUT2D eigenvalue weighted by Crippen LogP contribution is -2.05. The molecule has 0 fully saturated rings. The summed E-state index contributed by atoms with van der Waals surface area (Å²) < 4.78 is 0. The Balaban J connectivity index is 3.52. The van der Waals surface area contributed by atoms with E-state index in [0.29, 0.717) is 29.5 Å². The van der Waals surface area contributed by atoms with Crippen LogP contribution in [0.25, 0.3) is 0 Å². The van der Waals surface area contributed by atoms with Crippen LogP contribution >= 0.6 is 0 Å². The molecule has 0 bridgehead atoms. The summed E-state index contributed by atoms with van der Waals surface area (Å²) in [6.07, 6.45) is 4.45. The van der Waals surface area contributed by atoms with E-state index in [4.69, 9.17) is 0 Å². The fraction of sp³-hybridized carbons (Fsp3) is 0.500. The van der Waals surface area contributed by atoms with E-state index in [-0.39, 0.29) is 11.3 Å². The molecule has 21 heavy (non-hydrogen) atoms. The van der Waals surface area contributed by atoms with Gasteiger partial charge in [-0.05, 0) is 31.2 Å². The summed E-state index contributed by atoms with van der Waals surface area (Å²) in [5, 5.41) is 30.0. The molecule has 0 aliphatic heterocycles. The van der Waals surface area contributed by atoms with Crippen molar-refractivity contribution >= 4 is 5.69 Å². The van der Waals surface area contributed by atoms with Gasteiger partial charge in [0.1, 0.15) is 12.1 Å². The molecule has 110 valence electrons. The van der Waals surface area contributed by atoms with E-state index in [2.05, 4.69) is 6.07 Å². The molecule has 0 saturated carbocycles. The van der Waals surface area contributed by atoms with E-state index in [9.17, 15) is 20.6 Å². The Morgan fingerprint density at radius 1 is 1.10 bits per heavy atom. The van der Waals surface area contributed by atoms with Crippen LogP contribution in [0, 0.1) is 32.8 Å². The first-order valence-corrected chi connectivity index (χ1v) is 7.23. The van der Waals surface area contributed by atoms with Gasteiger partial charge in [-0.15, -0.1) is 0 Å². The minimum absolute atomic E-state index is 0.0231. The number of benzene rings is 1. The topological polar surface area (TPSA) is 90.7 Å². The second kappa shape index (κ2) is 8.01. The van der Waals surface area contributed by atoms with Crippen LogP contribution < -0.4 is 0 Å². The standard InChI is InChI=1S/C16H19N3O2/c1-3-5-7-12-9-16(19(20)21)13(8-6-4-2)15(11-18)14(12)10-17/h9H,3-8H2,1-2H3. The highest BCUT2D eigenvalue weighted by atomic mass is 16.6. The number of unbranched alkanes of at least 4 members (excludes halogenated alkanes) is 2. The minimum atomic E-state index is -0.442. The zero-order chi connectivity index (χ0) is 15.8. The Hall–Kier alpha value is -2.40. The molecular formula is C16H19N3O2. The zero-order valence-corrected chi connectivity index (χ0v) is 12.5. The van der Waals surface area contributed by atoms with Gasteiger partial charge >= 0.3 is 0 Å². The number of hydrogen-bond donors (Lipinski definition) is 0. The number of aryl methyl sites for hydroxylation is 1. The normalized spacial score (nSPS) is 9.90. The van der Waals surface area contributed by atoms with Crippen molar-refractivity contribution in [3.8, 4) is 12.1 Å². The first-order valence-electron chi connectivity index (χ1n) is 7.23. The summed E-state index contributed by atoms with van der Waals surface area (Å²) >= 11 is 0. The quantitative estimate of drug-likeness (QED) is 0.558. The number of hydrogen-bond acceptors (Lipinski definition) is 4. The lowest BCUT2D eigenvalue weighted by atomic mass is 9.90. The van der Waals surface area contributed by atoms with Crippen molar-refractivity contribution in [1.82, 2.24) is 0 Å². The van der Waals surface area contributed by atoms with Gasteiger partial charge in [0.05, 0.1) is 16.1 Å². The molecule has 5 heteroatoms. The maximum absolute atomic E-state index is 11.3. The summed E-state index contributed by atoms with van der Waals surface area (Å²) in [4.78, 5) is 10.8. The van der Waals surface area contributed by atoms with E-state index in [1.54, 1.807) is 0 Å². The van der Waals surface area contributed by atoms with Crippen LogP contribution in [0.3, 0.4) is 0 Å². The number of nitro benzene ring substituents is 1. The maximum atomic E-state index is 11.3. The summed E-state index contributed by atoms with van der Waals surface area (Å²) in [6, 6.07) is 5.56. The number of nitriles is 2. The smallest absolute Gasteiger partial charge is 0.258 e. The predicted molar refractivity (Wildman–Crippen MR) is 79.8 cm³/mol. The van der Waals surface area contributed by atoms with Crippen molar-refractivity contribution in [1.29, 1.82) is 10.5 Å². The van der Waals surface area contributed by atoms with Crippen molar-refractivity contribution in [3.63, 3.8) is 0 Å². The molecule has 0 heterocycles. The first-order chi connectivity index (χ1) is 10.1. The van der Waals surface area contributed by atoms with Crippen molar-refractivity contribution in [2.24, 2.45) is 0 Å². The average Bonchev–Trinajstić information content (AvgIpc) is 2.49. The SMILES string of the molecule is CCCCc1cc([N+](=O)[O-])c(CCCC)c(C#N)c1C#N. The second-order valence-electron chi connectivity index (χ2n) is 4.97. The van der Waals surface area contributed by atoms with E-state index in [1.165, 1.54) is 6.07 Å². The molecule has 0 aromatic heterocycles. The second-order valence-corrected chi connectivity index (χ2v) is 4.97. The largest absolute Gasteiger partial charge is 0.274 e. The van der Waals surface area contributed by atoms with Crippen LogP contribution in [0.2, 0.25) is 0 Å². The molecule has 0 aliphatic carbocycles. The van der Waals surface area contributed by atoms with Crippen molar-refractivity contribution in [3.05, 3.63) is 38.4 Å². The average molecular weight is 285 g/mol. The molecule has 0 N–H and O–H groups in total. The summed E-state index contributed by atoms with van der Waals surface area (Å²) in [7, 11) is 0. The van der Waals surface area contributed by atoms with Gasteiger partial charge in [-0.25, -0.2) is 0 Å². The molecule has 0 radical (unpaired) electrons. The molecule has 1 aromatic carbocycles. The molecule has 0 spiro atoms. The Labute approximate surface area is 125 Å². The van der Waals surface area contributed by atoms with Gasteiger partial charge < -0.3 is 0 Å². The molecular weight excluding hydrogens is 266 g/mol. The number of nitro groups is 1. The molecule has 0 atom stereocenters. The summed E-state index contributed by atoms with van der Waals surface area (Å²) in [6.45, 7) is 4.00. The molecule has 0 saturated heterocycles. The van der Waals surface area contributed by atoms with Crippen molar-refractivity contribution in [2.75, 3.05) is 0 Å². The number of rotatable bonds is 7. The van der Waals surface area contributed by atoms with Crippen LogP contribution in [0.5, 0.6) is 0 Å². The van der Waals surface area contributed by atoms with Crippen LogP contribution in [0.4, 0.5) is 5.69 Å². The third-order valence-corrected chi connectivity index (χ3v) is 3.49. The lowest BCUT2D eigenvalue weighted by molar-refractivity contribution is -0.385. The predicted octanol–water partition coefficient (Wildman–Crippen LogP) is 4.02. The highest BCUT2D eigenvalue weighted by Crippen LogP contribution is 2.30. The molecule has 5 nitrogen and oxygen atoms in total. The van der Waals surface area contributed by atoms with Crippen LogP contribution in [-0.4, -0.2) is 4.92 Å². The summed E-state index contributed by atoms with van der Waals surface area (Å²) in [5.41, 5.74) is 1.49. The van der Waals surface area contributed by atoms with Gasteiger partial charge in [0.2, 0.25) is 0 Å². The monoisotopic (exact) mass is 285 g/mol. The van der Waals surface area contributed by atoms with Crippen molar-refractivity contribution < 1.29 is 4.92 Å². The molecule has 1 aromatic rings. The number of nitrogens with zero attached hydrogens (tertiary/aromatic N) is 3. The molecule has 0 aliphatic rings. The zero-order valence-electron chi connectivity index (χ0n) is 12.5. The Bertz CT molecular complexity index is 609. The van der Waals surface area contributed by atoms with Gasteiger partial charge in [0.25, 0.3) is 5.69 Å². The van der Waals surface area contributed by atoms with Crippen LogP contribution in [-0.2, 0) is 12.8 Å². The molecule has 0 unspecified atom stereocenters. The van der Waals surface area contributed by atoms with Crippen LogP contribution in [0.15, 0.2) is 6.07 Å². The maximum Gasteiger partial charge on any atom is 0.274 e. The lowest BCUT2D eigenvalue weighted by Gasteiger charge is -2.11. The van der Waals surface area contributed by atoms with E-state index in [1.807, 2.05) is 19.9 Å². The third-order valence-electron chi connectivity index (χ3n) is 3.49. The third kappa shape index (κ3) is 3.79. The fourth-order valence-corrected chi connectivity index (χ4v) is 2.35. The molecule has 1 rings (SSSR count). The Morgan fingerprint density at radius 2 is 1.67 bits per heavy atom. The highest BCUT2D eigenvalue weighted by Gasteiger charge is 2.23. The van der Waals surface area contributed by atoms with Gasteiger partial charge in [0.15, 0.2) is 0 Å². The fourth-order valence-electron chi connectivity index (χ4n) is 2.35. The van der Waals surface area contributed by atoms with Gasteiger partial charge in [-0.3, -0.25) is 10.1 Å². The highest BCUT2D eigenvalue weighted by molar-refractivity contribution is 5.62. The van der Waals surface area contributed by atoms with Gasteiger partial charge in [0, 0.05) is 11.6 Å². The first kappa shape index (κ1) is 16.7. The van der Waals surface area contributed by atoms with E-state index >= 15 is 0 Å². The minimum Gasteiger partial charge on any atom is -0.258 e. The van der Waals surface area contributed by atoms with Gasteiger partial charge in [-0.2, -0.15) is 10.5 Å². The van der Waals surface area contributed by atoms with Gasteiger partial charge in [-0.1, -0.05) is 26.7 Å². The summed E-state index contributed by atoms with van der Waals surface area (Å²) in [5.74, 6) is 0. The van der Waals surface area contributed by atoms with Crippen molar-refractivity contribution in [2.45, 2.75) is 52.4 Å². The Kier molecular flexibility index (Phi) is 6.36. The molecule has 0 amide bonds.